The van der Waals surface area contributed by atoms with Gasteiger partial charge in [0.05, 0.1) is 6.61 Å². The van der Waals surface area contributed by atoms with Crippen LogP contribution in [0.15, 0.2) is 15.3 Å². The van der Waals surface area contributed by atoms with Crippen molar-refractivity contribution < 1.29 is 23.8 Å². The van der Waals surface area contributed by atoms with Gasteiger partial charge in [-0.3, -0.25) is 9.59 Å². The van der Waals surface area contributed by atoms with Gasteiger partial charge in [0.2, 0.25) is 17.1 Å². The van der Waals surface area contributed by atoms with Crippen molar-refractivity contribution in [2.75, 3.05) is 31.2 Å². The van der Waals surface area contributed by atoms with Crippen LogP contribution in [0.2, 0.25) is 0 Å². The number of thioether (sulfide) groups is 1. The van der Waals surface area contributed by atoms with E-state index in [4.69, 9.17) is 9.15 Å². The number of hydrogen-bond acceptors (Lipinski definition) is 7. The molecule has 2 N–H and O–H groups in total. The highest BCUT2D eigenvalue weighted by Crippen LogP contribution is 2.44. The lowest BCUT2D eigenvalue weighted by molar-refractivity contribution is -0.123. The summed E-state index contributed by atoms with van der Waals surface area (Å²) in [5, 5.41) is 13.5. The molecule has 2 aliphatic rings. The SMILES string of the molecule is CCOC(=O)N1CCC(NC(=O)CC2(c3oc(C)cc(=O)c3O)CCSCC2)CC1. The number of likely N-dealkylation sites (tertiary alicyclic amines) is 1. The molecule has 166 valence electrons. The first-order valence-corrected chi connectivity index (χ1v) is 11.6. The van der Waals surface area contributed by atoms with Gasteiger partial charge in [0.15, 0.2) is 5.76 Å². The van der Waals surface area contributed by atoms with Crippen molar-refractivity contribution in [1.29, 1.82) is 0 Å². The number of hydrogen-bond donors (Lipinski definition) is 2. The molecular formula is C21H30N2O6S. The van der Waals surface area contributed by atoms with Crippen molar-refractivity contribution in [2.45, 2.75) is 57.4 Å². The summed E-state index contributed by atoms with van der Waals surface area (Å²) in [7, 11) is 0. The number of amides is 2. The highest BCUT2D eigenvalue weighted by molar-refractivity contribution is 7.99. The molecule has 0 atom stereocenters. The second-order valence-electron chi connectivity index (χ2n) is 8.00. The quantitative estimate of drug-likeness (QED) is 0.727. The maximum absolute atomic E-state index is 12.9. The van der Waals surface area contributed by atoms with Crippen molar-refractivity contribution in [3.63, 3.8) is 0 Å². The monoisotopic (exact) mass is 438 g/mol. The maximum Gasteiger partial charge on any atom is 0.409 e. The fourth-order valence-corrected chi connectivity index (χ4v) is 5.49. The number of rotatable bonds is 5. The summed E-state index contributed by atoms with van der Waals surface area (Å²) in [6.45, 7) is 4.88. The van der Waals surface area contributed by atoms with Gasteiger partial charge in [-0.1, -0.05) is 0 Å². The number of nitrogens with zero attached hydrogens (tertiary/aromatic N) is 1. The minimum atomic E-state index is -0.684. The van der Waals surface area contributed by atoms with Crippen LogP contribution >= 0.6 is 11.8 Å². The smallest absolute Gasteiger partial charge is 0.409 e. The molecule has 0 radical (unpaired) electrons. The third-order valence-electron chi connectivity index (χ3n) is 5.86. The number of ether oxygens (including phenoxy) is 1. The fourth-order valence-electron chi connectivity index (χ4n) is 4.22. The van der Waals surface area contributed by atoms with Crippen LogP contribution in [0.25, 0.3) is 0 Å². The van der Waals surface area contributed by atoms with Crippen LogP contribution in [0.4, 0.5) is 4.79 Å². The Kier molecular flexibility index (Phi) is 7.33. The molecule has 0 saturated carbocycles. The number of carbonyl (C=O) groups excluding carboxylic acids is 2. The number of nitrogens with one attached hydrogen (secondary N) is 1. The van der Waals surface area contributed by atoms with Gasteiger partial charge in [0, 0.05) is 37.0 Å². The summed E-state index contributed by atoms with van der Waals surface area (Å²) >= 11 is 1.79. The fraction of sp³-hybridized carbons (Fsp3) is 0.667. The average Bonchev–Trinajstić information content (AvgIpc) is 2.72. The van der Waals surface area contributed by atoms with E-state index in [-0.39, 0.29) is 36.0 Å². The Hall–Kier alpha value is -2.16. The van der Waals surface area contributed by atoms with Gasteiger partial charge in [0.1, 0.15) is 5.76 Å². The summed E-state index contributed by atoms with van der Waals surface area (Å²) < 4.78 is 10.8. The van der Waals surface area contributed by atoms with E-state index in [1.165, 1.54) is 6.07 Å². The van der Waals surface area contributed by atoms with E-state index in [1.807, 2.05) is 0 Å². The zero-order valence-corrected chi connectivity index (χ0v) is 18.4. The molecule has 0 aliphatic carbocycles. The minimum Gasteiger partial charge on any atom is -0.502 e. The Labute approximate surface area is 180 Å². The van der Waals surface area contributed by atoms with E-state index in [0.717, 1.165) is 11.5 Å². The zero-order chi connectivity index (χ0) is 21.7. The lowest BCUT2D eigenvalue weighted by Gasteiger charge is -2.37. The molecule has 1 aromatic rings. The van der Waals surface area contributed by atoms with Gasteiger partial charge in [-0.2, -0.15) is 11.8 Å². The Bertz CT molecular complexity index is 825. The van der Waals surface area contributed by atoms with Gasteiger partial charge in [-0.05, 0) is 51.0 Å². The minimum absolute atomic E-state index is 0.0173. The van der Waals surface area contributed by atoms with Crippen LogP contribution in [0, 0.1) is 6.92 Å². The lowest BCUT2D eigenvalue weighted by atomic mass is 9.75. The van der Waals surface area contributed by atoms with Crippen LogP contribution in [0.5, 0.6) is 5.75 Å². The summed E-state index contributed by atoms with van der Waals surface area (Å²) in [6, 6.07) is 1.25. The normalized spacial score (nSPS) is 19.3. The van der Waals surface area contributed by atoms with Crippen LogP contribution in [-0.4, -0.2) is 59.3 Å². The van der Waals surface area contributed by atoms with E-state index >= 15 is 0 Å². The lowest BCUT2D eigenvalue weighted by Crippen LogP contribution is -2.48. The van der Waals surface area contributed by atoms with Gasteiger partial charge in [0.25, 0.3) is 0 Å². The van der Waals surface area contributed by atoms with Crippen molar-refractivity contribution >= 4 is 23.8 Å². The third kappa shape index (κ3) is 5.11. The number of aryl methyl sites for hydroxylation is 1. The molecule has 0 spiro atoms. The standard InChI is InChI=1S/C21H30N2O6S/c1-3-28-20(27)23-8-4-15(5-9-23)22-17(25)13-21(6-10-30-11-7-21)19-18(26)16(24)12-14(2)29-19/h12,15,26H,3-11,13H2,1-2H3,(H,22,25). The van der Waals surface area contributed by atoms with E-state index in [9.17, 15) is 19.5 Å². The first kappa shape index (κ1) is 22.5. The Morgan fingerprint density at radius 3 is 2.63 bits per heavy atom. The van der Waals surface area contributed by atoms with Crippen LogP contribution < -0.4 is 10.7 Å². The van der Waals surface area contributed by atoms with Crippen molar-refractivity contribution in [3.05, 3.63) is 27.8 Å². The highest BCUT2D eigenvalue weighted by Gasteiger charge is 2.42. The Morgan fingerprint density at radius 2 is 2.00 bits per heavy atom. The molecule has 3 rings (SSSR count). The molecule has 0 unspecified atom stereocenters. The predicted octanol–water partition coefficient (Wildman–Crippen LogP) is 2.55. The van der Waals surface area contributed by atoms with Gasteiger partial charge >= 0.3 is 6.09 Å². The van der Waals surface area contributed by atoms with Gasteiger partial charge < -0.3 is 24.5 Å². The van der Waals surface area contributed by atoms with Crippen LogP contribution in [0.1, 0.15) is 50.5 Å². The zero-order valence-electron chi connectivity index (χ0n) is 17.6. The highest BCUT2D eigenvalue weighted by atomic mass is 32.2. The molecule has 1 aromatic heterocycles. The number of carbonyl (C=O) groups is 2. The first-order chi connectivity index (χ1) is 14.3. The third-order valence-corrected chi connectivity index (χ3v) is 6.85. The molecule has 2 amide bonds. The summed E-state index contributed by atoms with van der Waals surface area (Å²) in [6.07, 6.45) is 2.49. The largest absolute Gasteiger partial charge is 0.502 e. The molecule has 2 fully saturated rings. The molecule has 30 heavy (non-hydrogen) atoms. The second-order valence-corrected chi connectivity index (χ2v) is 9.22. The van der Waals surface area contributed by atoms with Gasteiger partial charge in [-0.25, -0.2) is 4.79 Å². The Balaban J connectivity index is 1.67. The molecule has 2 saturated heterocycles. The Morgan fingerprint density at radius 1 is 1.33 bits per heavy atom. The molecule has 8 nitrogen and oxygen atoms in total. The molecule has 2 aliphatic heterocycles. The summed E-state index contributed by atoms with van der Waals surface area (Å²) in [5.74, 6) is 1.82. The average molecular weight is 439 g/mol. The second kappa shape index (κ2) is 9.76. The molecule has 0 bridgehead atoms. The first-order valence-electron chi connectivity index (χ1n) is 10.5. The van der Waals surface area contributed by atoms with Crippen molar-refractivity contribution in [2.24, 2.45) is 0 Å². The van der Waals surface area contributed by atoms with Gasteiger partial charge in [-0.15, -0.1) is 0 Å². The predicted molar refractivity (Wildman–Crippen MR) is 114 cm³/mol. The van der Waals surface area contributed by atoms with Crippen molar-refractivity contribution in [3.8, 4) is 5.75 Å². The summed E-state index contributed by atoms with van der Waals surface area (Å²) in [4.78, 5) is 38.5. The molecule has 9 heteroatoms. The number of piperidine rings is 1. The van der Waals surface area contributed by atoms with E-state index in [1.54, 1.807) is 30.5 Å². The van der Waals surface area contributed by atoms with E-state index in [2.05, 4.69) is 5.32 Å². The topological polar surface area (TPSA) is 109 Å². The molecule has 0 aromatic carbocycles. The van der Waals surface area contributed by atoms with Crippen LogP contribution in [0.3, 0.4) is 0 Å². The molecule has 3 heterocycles. The van der Waals surface area contributed by atoms with E-state index in [0.29, 0.717) is 51.1 Å². The van der Waals surface area contributed by atoms with Crippen LogP contribution in [-0.2, 0) is 14.9 Å². The van der Waals surface area contributed by atoms with E-state index < -0.39 is 10.8 Å². The van der Waals surface area contributed by atoms with Crippen molar-refractivity contribution in [1.82, 2.24) is 10.2 Å². The summed E-state index contributed by atoms with van der Waals surface area (Å²) in [5.41, 5.74) is -1.16. The molecular weight excluding hydrogens is 408 g/mol. The maximum atomic E-state index is 12.9. The number of aromatic hydroxyl groups is 1.